The van der Waals surface area contributed by atoms with Crippen molar-refractivity contribution in [3.8, 4) is 0 Å². The lowest BCUT2D eigenvalue weighted by Crippen LogP contribution is -2.09. The summed E-state index contributed by atoms with van der Waals surface area (Å²) < 4.78 is 2.13. The second-order valence-electron chi connectivity index (χ2n) is 2.46. The summed E-state index contributed by atoms with van der Waals surface area (Å²) in [6.07, 6.45) is 1.45. The van der Waals surface area contributed by atoms with Crippen molar-refractivity contribution < 1.29 is 0 Å². The molecule has 0 aliphatic rings. The smallest absolute Gasteiger partial charge is 0.298 e. The van der Waals surface area contributed by atoms with Crippen molar-refractivity contribution in [1.82, 2.24) is 19.5 Å². The number of nitrogens with zero attached hydrogens (tertiary/aromatic N) is 2. The van der Waals surface area contributed by atoms with Crippen molar-refractivity contribution >= 4 is 23.4 Å². The lowest BCUT2D eigenvalue weighted by molar-refractivity contribution is 0.888. The molecule has 0 amide bonds. The summed E-state index contributed by atoms with van der Waals surface area (Å²) in [6, 6.07) is 0. The highest BCUT2D eigenvalue weighted by molar-refractivity contribution is 7.71. The van der Waals surface area contributed by atoms with Gasteiger partial charge in [0.1, 0.15) is 12.0 Å². The van der Waals surface area contributed by atoms with Crippen molar-refractivity contribution in [3.63, 3.8) is 0 Å². The number of imidazole rings is 1. The standard InChI is InChI=1S/C6H6N4OS/c1-10-2-7-5(11)3-4(10)9-6(12)8-3/h2H,1H3,(H2,8,9,12). The molecule has 0 saturated carbocycles. The molecule has 0 atom stereocenters. The minimum absolute atomic E-state index is 0.296. The average molecular weight is 182 g/mol. The Balaban J connectivity index is 3.14. The van der Waals surface area contributed by atoms with Gasteiger partial charge in [-0.15, -0.1) is 0 Å². The molecule has 0 bridgehead atoms. The SMILES string of the molecule is Cn1cnc(=O)c2[nH]c(=S)[nH]c21. The largest absolute Gasteiger partial charge is 0.325 e. The zero-order valence-corrected chi connectivity index (χ0v) is 7.10. The number of aromatic amines is 2. The lowest BCUT2D eigenvalue weighted by atomic mass is 10.5. The number of H-pyrrole nitrogens is 2. The average Bonchev–Trinajstić information content (AvgIpc) is 2.41. The van der Waals surface area contributed by atoms with E-state index < -0.39 is 0 Å². The molecule has 0 radical (unpaired) electrons. The first-order valence-corrected chi connectivity index (χ1v) is 3.73. The highest BCUT2D eigenvalue weighted by Crippen LogP contribution is 2.00. The highest BCUT2D eigenvalue weighted by Gasteiger charge is 2.02. The maximum atomic E-state index is 11.1. The Morgan fingerprint density at radius 1 is 1.58 bits per heavy atom. The van der Waals surface area contributed by atoms with Crippen LogP contribution in [0.1, 0.15) is 0 Å². The van der Waals surface area contributed by atoms with Crippen LogP contribution in [0.4, 0.5) is 0 Å². The Kier molecular flexibility index (Phi) is 1.37. The zero-order valence-electron chi connectivity index (χ0n) is 6.29. The van der Waals surface area contributed by atoms with E-state index in [2.05, 4.69) is 15.0 Å². The molecule has 0 fully saturated rings. The summed E-state index contributed by atoms with van der Waals surface area (Å²) in [6.45, 7) is 0. The first-order valence-electron chi connectivity index (χ1n) is 3.32. The van der Waals surface area contributed by atoms with E-state index in [4.69, 9.17) is 12.2 Å². The van der Waals surface area contributed by atoms with E-state index in [1.807, 2.05) is 0 Å². The fourth-order valence-corrected chi connectivity index (χ4v) is 1.25. The molecule has 5 nitrogen and oxygen atoms in total. The molecule has 0 aliphatic carbocycles. The van der Waals surface area contributed by atoms with Crippen LogP contribution in [0.25, 0.3) is 11.2 Å². The van der Waals surface area contributed by atoms with E-state index in [-0.39, 0.29) is 5.56 Å². The van der Waals surface area contributed by atoms with Crippen LogP contribution in [0.2, 0.25) is 0 Å². The summed E-state index contributed by atoms with van der Waals surface area (Å²) in [7, 11) is 1.79. The molecule has 0 spiro atoms. The summed E-state index contributed by atoms with van der Waals surface area (Å²) in [5.41, 5.74) is 0.792. The second kappa shape index (κ2) is 2.28. The lowest BCUT2D eigenvalue weighted by Gasteiger charge is -1.95. The molecule has 2 N–H and O–H groups in total. The predicted octanol–water partition coefficient (Wildman–Crippen LogP) is 0.319. The van der Waals surface area contributed by atoms with Crippen LogP contribution >= 0.6 is 12.2 Å². The Hall–Kier alpha value is -1.43. The molecule has 2 heterocycles. The fourth-order valence-electron chi connectivity index (χ4n) is 1.05. The maximum absolute atomic E-state index is 11.1. The molecule has 12 heavy (non-hydrogen) atoms. The van der Waals surface area contributed by atoms with Crippen molar-refractivity contribution in [1.29, 1.82) is 0 Å². The van der Waals surface area contributed by atoms with Gasteiger partial charge in [0.05, 0.1) is 0 Å². The number of rotatable bonds is 0. The van der Waals surface area contributed by atoms with Gasteiger partial charge in [-0.2, -0.15) is 4.98 Å². The predicted molar refractivity (Wildman–Crippen MR) is 46.5 cm³/mol. The Labute approximate surface area is 72.1 Å². The summed E-state index contributed by atoms with van der Waals surface area (Å²) in [4.78, 5) is 20.3. The topological polar surface area (TPSA) is 66.5 Å². The number of hydrogen-bond acceptors (Lipinski definition) is 3. The third-order valence-electron chi connectivity index (χ3n) is 1.62. The molecule has 2 rings (SSSR count). The van der Waals surface area contributed by atoms with Gasteiger partial charge in [0.15, 0.2) is 10.3 Å². The van der Waals surface area contributed by atoms with Crippen molar-refractivity contribution in [2.24, 2.45) is 7.05 Å². The number of aromatic nitrogens is 4. The van der Waals surface area contributed by atoms with Crippen LogP contribution in [0.15, 0.2) is 11.1 Å². The molecule has 0 aliphatic heterocycles. The van der Waals surface area contributed by atoms with Gasteiger partial charge in [0.2, 0.25) is 0 Å². The fraction of sp³-hybridized carbons (Fsp3) is 0.167. The van der Waals surface area contributed by atoms with E-state index in [1.165, 1.54) is 6.33 Å². The van der Waals surface area contributed by atoms with Gasteiger partial charge in [-0.25, -0.2) is 0 Å². The minimum Gasteiger partial charge on any atom is -0.325 e. The molecule has 6 heteroatoms. The van der Waals surface area contributed by atoms with Gasteiger partial charge in [-0.05, 0) is 12.2 Å². The van der Waals surface area contributed by atoms with Crippen LogP contribution < -0.4 is 5.56 Å². The van der Waals surface area contributed by atoms with Crippen LogP contribution in [0.3, 0.4) is 0 Å². The monoisotopic (exact) mass is 182 g/mol. The molecule has 2 aromatic heterocycles. The van der Waals surface area contributed by atoms with Crippen molar-refractivity contribution in [2.45, 2.75) is 0 Å². The summed E-state index contributed by atoms with van der Waals surface area (Å²) in [5.74, 6) is 0. The Morgan fingerprint density at radius 3 is 3.00 bits per heavy atom. The van der Waals surface area contributed by atoms with Gasteiger partial charge < -0.3 is 14.5 Å². The third kappa shape index (κ3) is 0.884. The van der Waals surface area contributed by atoms with Crippen LogP contribution in [-0.2, 0) is 7.05 Å². The molecule has 0 aromatic carbocycles. The number of aryl methyl sites for hydroxylation is 1. The van der Waals surface area contributed by atoms with Gasteiger partial charge in [0.25, 0.3) is 5.56 Å². The second-order valence-corrected chi connectivity index (χ2v) is 2.87. The Bertz CT molecular complexity index is 534. The first kappa shape index (κ1) is 7.23. The highest BCUT2D eigenvalue weighted by atomic mass is 32.1. The summed E-state index contributed by atoms with van der Waals surface area (Å²) in [5, 5.41) is 0. The minimum atomic E-state index is -0.296. The molecule has 2 aromatic rings. The molecular formula is C6H6N4OS. The van der Waals surface area contributed by atoms with E-state index >= 15 is 0 Å². The van der Waals surface area contributed by atoms with Crippen molar-refractivity contribution in [3.05, 3.63) is 21.5 Å². The van der Waals surface area contributed by atoms with Crippen LogP contribution in [0.5, 0.6) is 0 Å². The molecule has 0 unspecified atom stereocenters. The zero-order chi connectivity index (χ0) is 8.72. The van der Waals surface area contributed by atoms with Gasteiger partial charge >= 0.3 is 0 Å². The van der Waals surface area contributed by atoms with Gasteiger partial charge in [-0.1, -0.05) is 0 Å². The van der Waals surface area contributed by atoms with E-state index in [9.17, 15) is 4.79 Å². The summed E-state index contributed by atoms with van der Waals surface area (Å²) >= 11 is 4.84. The molecule has 0 saturated heterocycles. The van der Waals surface area contributed by atoms with E-state index in [0.717, 1.165) is 0 Å². The molecule has 62 valence electrons. The van der Waals surface area contributed by atoms with E-state index in [0.29, 0.717) is 15.9 Å². The first-order chi connectivity index (χ1) is 5.68. The van der Waals surface area contributed by atoms with E-state index in [1.54, 1.807) is 11.6 Å². The van der Waals surface area contributed by atoms with Crippen LogP contribution in [0, 0.1) is 4.77 Å². The van der Waals surface area contributed by atoms with Crippen molar-refractivity contribution in [2.75, 3.05) is 0 Å². The normalized spacial score (nSPS) is 10.8. The quantitative estimate of drug-likeness (QED) is 0.576. The maximum Gasteiger partial charge on any atom is 0.298 e. The third-order valence-corrected chi connectivity index (χ3v) is 1.83. The van der Waals surface area contributed by atoms with Gasteiger partial charge in [-0.3, -0.25) is 4.79 Å². The Morgan fingerprint density at radius 2 is 2.33 bits per heavy atom. The van der Waals surface area contributed by atoms with Gasteiger partial charge in [0, 0.05) is 7.05 Å². The molecular weight excluding hydrogens is 176 g/mol. The van der Waals surface area contributed by atoms with Crippen LogP contribution in [-0.4, -0.2) is 19.5 Å². The number of nitrogens with one attached hydrogen (secondary N) is 2. The number of hydrogen-bond donors (Lipinski definition) is 2. The number of fused-ring (bicyclic) bond motifs is 1.